The Morgan fingerprint density at radius 1 is 0.333 bits per heavy atom. The molecule has 0 aliphatic heterocycles. The Hall–Kier alpha value is -7.62. The van der Waals surface area contributed by atoms with E-state index in [1.54, 1.807) is 101 Å². The SMILES string of the molecule is CNc1nc(NC)nc(Nc2ccc(-c3ccc(Nc4nc(NC)nc(NC)n4)c4c3C(=O)c3ccccc3C4=O)c3c2C(=O)c2ccccc2C3=O)n1. The second-order valence-electron chi connectivity index (χ2n) is 12.1. The minimum Gasteiger partial charge on any atom is -0.357 e. The van der Waals surface area contributed by atoms with Crippen LogP contribution >= 0.6 is 0 Å². The smallest absolute Gasteiger partial charge is 0.233 e. The van der Waals surface area contributed by atoms with Gasteiger partial charge in [0.1, 0.15) is 0 Å². The molecule has 0 amide bonds. The lowest BCUT2D eigenvalue weighted by molar-refractivity contribution is 0.0978. The first-order valence-corrected chi connectivity index (χ1v) is 16.7. The molecule has 0 fully saturated rings. The first kappa shape index (κ1) is 33.5. The van der Waals surface area contributed by atoms with Crippen molar-refractivity contribution in [3.63, 3.8) is 0 Å². The van der Waals surface area contributed by atoms with Gasteiger partial charge < -0.3 is 31.9 Å². The highest BCUT2D eigenvalue weighted by molar-refractivity contribution is 6.35. The molecule has 0 spiro atoms. The fourth-order valence-corrected chi connectivity index (χ4v) is 6.65. The molecule has 6 N–H and O–H groups in total. The number of carbonyl (C=O) groups is 4. The van der Waals surface area contributed by atoms with Gasteiger partial charge in [-0.3, -0.25) is 19.2 Å². The van der Waals surface area contributed by atoms with Crippen molar-refractivity contribution in [3.05, 3.63) is 117 Å². The van der Waals surface area contributed by atoms with Crippen molar-refractivity contribution in [2.45, 2.75) is 0 Å². The summed E-state index contributed by atoms with van der Waals surface area (Å²) in [5.41, 5.74) is 2.16. The summed E-state index contributed by atoms with van der Waals surface area (Å²) in [5, 5.41) is 17.7. The van der Waals surface area contributed by atoms with Crippen LogP contribution in [-0.4, -0.2) is 81.2 Å². The van der Waals surface area contributed by atoms with E-state index in [0.717, 1.165) is 0 Å². The lowest BCUT2D eigenvalue weighted by Gasteiger charge is -2.26. The third-order valence-corrected chi connectivity index (χ3v) is 9.10. The van der Waals surface area contributed by atoms with Gasteiger partial charge >= 0.3 is 0 Å². The zero-order valence-electron chi connectivity index (χ0n) is 29.2. The Morgan fingerprint density at radius 2 is 0.611 bits per heavy atom. The summed E-state index contributed by atoms with van der Waals surface area (Å²) in [5.74, 6) is -0.429. The van der Waals surface area contributed by atoms with Gasteiger partial charge in [0.05, 0.1) is 22.5 Å². The minimum absolute atomic E-state index is 0.0530. The number of benzene rings is 4. The van der Waals surface area contributed by atoms with Crippen molar-refractivity contribution in [2.24, 2.45) is 0 Å². The number of carbonyl (C=O) groups excluding carboxylic acids is 4. The first-order chi connectivity index (χ1) is 26.2. The molecule has 6 aromatic rings. The quantitative estimate of drug-likeness (QED) is 0.117. The molecule has 0 unspecified atom stereocenters. The van der Waals surface area contributed by atoms with Gasteiger partial charge in [0.25, 0.3) is 0 Å². The Labute approximate surface area is 307 Å². The van der Waals surface area contributed by atoms with E-state index in [1.807, 2.05) is 0 Å². The molecule has 0 saturated heterocycles. The van der Waals surface area contributed by atoms with E-state index in [0.29, 0.717) is 0 Å². The molecular formula is C38H30N12O4. The first-order valence-electron chi connectivity index (χ1n) is 16.7. The standard InChI is InChI=1S/C38H30N12O4/c1-39-33-45-34(40-2)48-37(47-33)43-23-15-13-17(25-27(23)31(53)21-11-7-5-9-19(21)29(25)51)18-14-16-24(44-38-49-35(41-3)46-36(42-4)50-38)28-26(18)30(52)20-10-6-8-12-22(20)32(28)54/h5-16H,1-4H3,(H3,39,40,43,45,47,48)(H3,41,42,44,46,49,50). The number of nitrogens with one attached hydrogen (secondary N) is 6. The van der Waals surface area contributed by atoms with Crippen LogP contribution in [0.2, 0.25) is 0 Å². The third kappa shape index (κ3) is 5.40. The Morgan fingerprint density at radius 3 is 0.907 bits per heavy atom. The van der Waals surface area contributed by atoms with Gasteiger partial charge in [0.2, 0.25) is 35.7 Å². The molecule has 2 aliphatic rings. The number of ketones is 4. The third-order valence-electron chi connectivity index (χ3n) is 9.10. The number of hydrogen-bond donors (Lipinski definition) is 6. The maximum Gasteiger partial charge on any atom is 0.233 e. The van der Waals surface area contributed by atoms with Crippen molar-refractivity contribution in [2.75, 3.05) is 60.1 Å². The van der Waals surface area contributed by atoms with Gasteiger partial charge in [-0.2, -0.15) is 29.9 Å². The zero-order valence-corrected chi connectivity index (χ0v) is 29.2. The minimum atomic E-state index is -0.434. The number of nitrogens with zero attached hydrogens (tertiary/aromatic N) is 6. The van der Waals surface area contributed by atoms with Crippen molar-refractivity contribution in [1.29, 1.82) is 0 Å². The van der Waals surface area contributed by atoms with E-state index in [2.05, 4.69) is 61.8 Å². The van der Waals surface area contributed by atoms with Crippen LogP contribution in [0, 0.1) is 0 Å². The van der Waals surface area contributed by atoms with Crippen molar-refractivity contribution in [1.82, 2.24) is 29.9 Å². The van der Waals surface area contributed by atoms with Gasteiger partial charge in [0.15, 0.2) is 23.1 Å². The summed E-state index contributed by atoms with van der Waals surface area (Å²) in [6.45, 7) is 0. The van der Waals surface area contributed by atoms with Crippen LogP contribution in [-0.2, 0) is 0 Å². The molecule has 54 heavy (non-hydrogen) atoms. The topological polar surface area (TPSA) is 218 Å². The predicted octanol–water partition coefficient (Wildman–Crippen LogP) is 4.93. The molecule has 0 atom stereocenters. The van der Waals surface area contributed by atoms with Gasteiger partial charge in [-0.15, -0.1) is 0 Å². The molecule has 0 saturated carbocycles. The summed E-state index contributed by atoms with van der Waals surface area (Å²) in [4.78, 5) is 83.9. The van der Waals surface area contributed by atoms with Crippen molar-refractivity contribution < 1.29 is 19.2 Å². The second-order valence-corrected chi connectivity index (χ2v) is 12.1. The highest BCUT2D eigenvalue weighted by Gasteiger charge is 2.38. The number of anilines is 8. The normalized spacial score (nSPS) is 12.6. The number of hydrogen-bond acceptors (Lipinski definition) is 16. The molecule has 0 bridgehead atoms. The van der Waals surface area contributed by atoms with E-state index in [9.17, 15) is 19.2 Å². The number of rotatable bonds is 9. The monoisotopic (exact) mass is 718 g/mol. The average Bonchev–Trinajstić information content (AvgIpc) is 3.21. The molecule has 2 aliphatic carbocycles. The molecule has 16 heteroatoms. The van der Waals surface area contributed by atoms with Crippen LogP contribution in [0.4, 0.5) is 47.1 Å². The molecule has 8 rings (SSSR count). The highest BCUT2D eigenvalue weighted by atomic mass is 16.1. The Kier molecular flexibility index (Phi) is 8.18. The molecule has 266 valence electrons. The lowest BCUT2D eigenvalue weighted by atomic mass is 9.75. The lowest BCUT2D eigenvalue weighted by Crippen LogP contribution is -2.25. The van der Waals surface area contributed by atoms with Gasteiger partial charge in [0, 0.05) is 61.6 Å². The fourth-order valence-electron chi connectivity index (χ4n) is 6.65. The number of fused-ring (bicyclic) bond motifs is 4. The van der Waals surface area contributed by atoms with Crippen molar-refractivity contribution in [3.8, 4) is 11.1 Å². The molecule has 2 aromatic heterocycles. The van der Waals surface area contributed by atoms with Gasteiger partial charge in [-0.05, 0) is 23.3 Å². The summed E-state index contributed by atoms with van der Waals surface area (Å²) < 4.78 is 0. The van der Waals surface area contributed by atoms with Crippen LogP contribution in [0.15, 0.2) is 72.8 Å². The van der Waals surface area contributed by atoms with E-state index in [4.69, 9.17) is 0 Å². The molecule has 16 nitrogen and oxygen atoms in total. The van der Waals surface area contributed by atoms with Crippen LogP contribution < -0.4 is 31.9 Å². The van der Waals surface area contributed by atoms with E-state index in [1.165, 1.54) is 0 Å². The summed E-state index contributed by atoms with van der Waals surface area (Å²) in [6.07, 6.45) is 0. The summed E-state index contributed by atoms with van der Waals surface area (Å²) >= 11 is 0. The van der Waals surface area contributed by atoms with Crippen molar-refractivity contribution >= 4 is 70.2 Å². The summed E-state index contributed by atoms with van der Waals surface area (Å²) in [6, 6.07) is 19.6. The van der Waals surface area contributed by atoms with Crippen LogP contribution in [0.3, 0.4) is 0 Å². The zero-order chi connectivity index (χ0) is 37.7. The predicted molar refractivity (Wildman–Crippen MR) is 203 cm³/mol. The van der Waals surface area contributed by atoms with Crippen LogP contribution in [0.1, 0.15) is 63.7 Å². The fraction of sp³-hybridized carbons (Fsp3) is 0.105. The van der Waals surface area contributed by atoms with Crippen LogP contribution in [0.25, 0.3) is 11.1 Å². The van der Waals surface area contributed by atoms with E-state index >= 15 is 0 Å². The largest absolute Gasteiger partial charge is 0.357 e. The molecular weight excluding hydrogens is 688 g/mol. The maximum atomic E-state index is 14.6. The van der Waals surface area contributed by atoms with E-state index in [-0.39, 0.29) is 103 Å². The van der Waals surface area contributed by atoms with Crippen LogP contribution in [0.5, 0.6) is 0 Å². The molecule has 4 aromatic carbocycles. The van der Waals surface area contributed by atoms with E-state index < -0.39 is 23.1 Å². The molecule has 0 radical (unpaired) electrons. The van der Waals surface area contributed by atoms with Gasteiger partial charge in [-0.1, -0.05) is 60.7 Å². The maximum absolute atomic E-state index is 14.6. The highest BCUT2D eigenvalue weighted by Crippen LogP contribution is 2.44. The van der Waals surface area contributed by atoms with Gasteiger partial charge in [-0.25, -0.2) is 0 Å². The Bertz CT molecular complexity index is 2380. The Balaban J connectivity index is 1.36. The summed E-state index contributed by atoms with van der Waals surface area (Å²) in [7, 11) is 6.63. The second kappa shape index (κ2) is 13.2. The average molecular weight is 719 g/mol. The number of aromatic nitrogens is 6. The molecule has 2 heterocycles.